The van der Waals surface area contributed by atoms with E-state index in [9.17, 15) is 4.79 Å². The molecule has 2 aromatic carbocycles. The van der Waals surface area contributed by atoms with E-state index in [4.69, 9.17) is 17.3 Å². The molecule has 0 spiro atoms. The van der Waals surface area contributed by atoms with Gasteiger partial charge in [-0.15, -0.1) is 0 Å². The number of hydrogen-bond acceptors (Lipinski definition) is 5. The molecule has 0 amide bonds. The second-order valence-corrected chi connectivity index (χ2v) is 5.42. The first-order valence-electron chi connectivity index (χ1n) is 6.84. The Hall–Kier alpha value is -2.99. The zero-order valence-corrected chi connectivity index (χ0v) is 12.5. The highest BCUT2D eigenvalue weighted by Gasteiger charge is 2.12. The summed E-state index contributed by atoms with van der Waals surface area (Å²) < 4.78 is 1.21. The zero-order chi connectivity index (χ0) is 16.0. The molecule has 4 rings (SSSR count). The van der Waals surface area contributed by atoms with Crippen LogP contribution in [0.4, 0.5) is 5.95 Å². The van der Waals surface area contributed by atoms with Crippen LogP contribution in [-0.4, -0.2) is 19.4 Å². The van der Waals surface area contributed by atoms with E-state index in [0.29, 0.717) is 21.7 Å². The van der Waals surface area contributed by atoms with Gasteiger partial charge in [-0.3, -0.25) is 4.79 Å². The van der Waals surface area contributed by atoms with Gasteiger partial charge in [0.25, 0.3) is 5.56 Å². The maximum atomic E-state index is 12.5. The summed E-state index contributed by atoms with van der Waals surface area (Å²) in [6, 6.07) is 14.1. The van der Waals surface area contributed by atoms with Crippen LogP contribution in [-0.2, 0) is 0 Å². The van der Waals surface area contributed by atoms with Crippen molar-refractivity contribution >= 4 is 34.2 Å². The van der Waals surface area contributed by atoms with Crippen molar-refractivity contribution < 1.29 is 0 Å². The molecule has 2 N–H and O–H groups in total. The van der Waals surface area contributed by atoms with E-state index in [0.717, 1.165) is 5.56 Å². The van der Waals surface area contributed by atoms with Crippen LogP contribution < -0.4 is 11.3 Å². The fourth-order valence-corrected chi connectivity index (χ4v) is 2.53. The van der Waals surface area contributed by atoms with Gasteiger partial charge in [-0.25, -0.2) is 9.38 Å². The molecule has 0 aliphatic rings. The number of nitrogens with zero attached hydrogens (tertiary/aromatic N) is 4. The van der Waals surface area contributed by atoms with Crippen LogP contribution in [0.15, 0.2) is 53.3 Å². The number of para-hydroxylation sites is 1. The van der Waals surface area contributed by atoms with Gasteiger partial charge in [-0.05, 0) is 36.4 Å². The van der Waals surface area contributed by atoms with Gasteiger partial charge in [-0.2, -0.15) is 9.97 Å². The highest BCUT2D eigenvalue weighted by molar-refractivity contribution is 6.30. The fraction of sp³-hybridized carbons (Fsp3) is 0. The Labute approximate surface area is 135 Å². The van der Waals surface area contributed by atoms with E-state index in [1.165, 1.54) is 4.40 Å². The Morgan fingerprint density at radius 1 is 0.957 bits per heavy atom. The van der Waals surface area contributed by atoms with E-state index in [1.54, 1.807) is 42.5 Å². The van der Waals surface area contributed by atoms with Crippen molar-refractivity contribution in [2.45, 2.75) is 0 Å². The number of rotatable bonds is 1. The van der Waals surface area contributed by atoms with Gasteiger partial charge < -0.3 is 5.73 Å². The van der Waals surface area contributed by atoms with Crippen LogP contribution in [0, 0.1) is 0 Å². The van der Waals surface area contributed by atoms with Crippen LogP contribution in [0.5, 0.6) is 0 Å². The van der Waals surface area contributed by atoms with Crippen molar-refractivity contribution in [1.29, 1.82) is 0 Å². The topological polar surface area (TPSA) is 86.2 Å². The summed E-state index contributed by atoms with van der Waals surface area (Å²) in [6.45, 7) is 0. The Kier molecular flexibility index (Phi) is 2.99. The predicted molar refractivity (Wildman–Crippen MR) is 89.4 cm³/mol. The molecule has 0 radical (unpaired) electrons. The molecule has 2 heterocycles. The molecule has 0 aliphatic heterocycles. The minimum Gasteiger partial charge on any atom is -0.369 e. The molecule has 0 atom stereocenters. The molecule has 112 valence electrons. The summed E-state index contributed by atoms with van der Waals surface area (Å²) in [5.41, 5.74) is 6.98. The average molecular weight is 324 g/mol. The number of nitrogens with two attached hydrogens (primary N) is 1. The van der Waals surface area contributed by atoms with Crippen molar-refractivity contribution in [3.05, 3.63) is 63.9 Å². The summed E-state index contributed by atoms with van der Waals surface area (Å²) >= 11 is 5.89. The maximum Gasteiger partial charge on any atom is 0.269 e. The normalized spacial score (nSPS) is 11.2. The molecule has 0 unspecified atom stereocenters. The van der Waals surface area contributed by atoms with Gasteiger partial charge in [-0.1, -0.05) is 23.7 Å². The third kappa shape index (κ3) is 2.20. The van der Waals surface area contributed by atoms with Crippen LogP contribution in [0.3, 0.4) is 0 Å². The van der Waals surface area contributed by atoms with Gasteiger partial charge in [0, 0.05) is 10.6 Å². The van der Waals surface area contributed by atoms with Crippen molar-refractivity contribution in [3.8, 4) is 11.4 Å². The smallest absolute Gasteiger partial charge is 0.269 e. The van der Waals surface area contributed by atoms with Crippen molar-refractivity contribution in [1.82, 2.24) is 19.4 Å². The molecule has 0 fully saturated rings. The van der Waals surface area contributed by atoms with E-state index in [2.05, 4.69) is 15.0 Å². The Bertz CT molecular complexity index is 1110. The summed E-state index contributed by atoms with van der Waals surface area (Å²) in [7, 11) is 0. The summed E-state index contributed by atoms with van der Waals surface area (Å²) in [5, 5.41) is 1.09. The van der Waals surface area contributed by atoms with Gasteiger partial charge in [0.2, 0.25) is 11.7 Å². The molecule has 0 bridgehead atoms. The summed E-state index contributed by atoms with van der Waals surface area (Å²) in [5.74, 6) is 0.649. The van der Waals surface area contributed by atoms with E-state index in [1.807, 2.05) is 6.07 Å². The molecule has 6 nitrogen and oxygen atoms in total. The molecule has 0 aliphatic carbocycles. The molecule has 0 saturated carbocycles. The summed E-state index contributed by atoms with van der Waals surface area (Å²) in [6.07, 6.45) is 0. The van der Waals surface area contributed by atoms with Crippen LogP contribution in [0.1, 0.15) is 0 Å². The number of nitrogen functional groups attached to an aromatic ring is 1. The van der Waals surface area contributed by atoms with Crippen molar-refractivity contribution in [2.24, 2.45) is 0 Å². The lowest BCUT2D eigenvalue weighted by atomic mass is 10.2. The fourth-order valence-electron chi connectivity index (χ4n) is 2.41. The molecule has 0 saturated heterocycles. The van der Waals surface area contributed by atoms with Gasteiger partial charge in [0.05, 0.1) is 10.9 Å². The lowest BCUT2D eigenvalue weighted by Crippen LogP contribution is -2.21. The number of hydrogen-bond donors (Lipinski definition) is 1. The Morgan fingerprint density at radius 2 is 1.70 bits per heavy atom. The van der Waals surface area contributed by atoms with Crippen LogP contribution >= 0.6 is 11.6 Å². The largest absolute Gasteiger partial charge is 0.369 e. The van der Waals surface area contributed by atoms with Crippen LogP contribution in [0.25, 0.3) is 28.1 Å². The molecule has 4 aromatic rings. The monoisotopic (exact) mass is 323 g/mol. The van der Waals surface area contributed by atoms with Crippen molar-refractivity contribution in [2.75, 3.05) is 5.73 Å². The minimum absolute atomic E-state index is 0.0446. The molecular formula is C16H10ClN5O. The highest BCUT2D eigenvalue weighted by atomic mass is 35.5. The molecule has 7 heteroatoms. The van der Waals surface area contributed by atoms with E-state index >= 15 is 0 Å². The lowest BCUT2D eigenvalue weighted by Gasteiger charge is -2.07. The second kappa shape index (κ2) is 5.03. The standard InChI is InChI=1S/C16H10ClN5O/c17-10-7-5-9(6-8-10)13-20-15(18)22-14(23)11-3-1-2-4-12(11)19-16(22)21-13/h1-8H,(H2,18,19,20,21). The number of aromatic nitrogens is 4. The van der Waals surface area contributed by atoms with Crippen LogP contribution in [0.2, 0.25) is 5.02 Å². The highest BCUT2D eigenvalue weighted by Crippen LogP contribution is 2.19. The SMILES string of the molecule is Nc1nc(-c2ccc(Cl)cc2)nc2nc3ccccc3c(=O)n12. The number of anilines is 1. The van der Waals surface area contributed by atoms with Gasteiger partial charge in [0.1, 0.15) is 0 Å². The molecule has 2 aromatic heterocycles. The predicted octanol–water partition coefficient (Wildman–Crippen LogP) is 2.54. The van der Waals surface area contributed by atoms with Crippen molar-refractivity contribution in [3.63, 3.8) is 0 Å². The quantitative estimate of drug-likeness (QED) is 0.544. The summed E-state index contributed by atoms with van der Waals surface area (Å²) in [4.78, 5) is 25.5. The Morgan fingerprint density at radius 3 is 2.48 bits per heavy atom. The minimum atomic E-state index is -0.286. The number of fused-ring (bicyclic) bond motifs is 2. The third-order valence-corrected chi connectivity index (χ3v) is 3.77. The lowest BCUT2D eigenvalue weighted by molar-refractivity contribution is 0.977. The van der Waals surface area contributed by atoms with E-state index in [-0.39, 0.29) is 17.3 Å². The Balaban J connectivity index is 2.05. The van der Waals surface area contributed by atoms with Gasteiger partial charge >= 0.3 is 0 Å². The van der Waals surface area contributed by atoms with E-state index < -0.39 is 0 Å². The first kappa shape index (κ1) is 13.7. The molecule has 23 heavy (non-hydrogen) atoms. The first-order chi connectivity index (χ1) is 11.1. The second-order valence-electron chi connectivity index (χ2n) is 4.98. The van der Waals surface area contributed by atoms with Gasteiger partial charge in [0.15, 0.2) is 5.82 Å². The number of benzene rings is 2. The molecular weight excluding hydrogens is 314 g/mol. The zero-order valence-electron chi connectivity index (χ0n) is 11.8. The number of halogens is 1. The third-order valence-electron chi connectivity index (χ3n) is 3.52. The average Bonchev–Trinajstić information content (AvgIpc) is 2.55. The first-order valence-corrected chi connectivity index (χ1v) is 7.22. The maximum absolute atomic E-state index is 12.5.